The maximum absolute atomic E-state index is 11.8. The van der Waals surface area contributed by atoms with Crippen molar-refractivity contribution in [3.05, 3.63) is 48.3 Å². The van der Waals surface area contributed by atoms with Crippen molar-refractivity contribution in [2.75, 3.05) is 7.11 Å². The Morgan fingerprint density at radius 3 is 2.67 bits per heavy atom. The summed E-state index contributed by atoms with van der Waals surface area (Å²) in [6.07, 6.45) is 2.39. The fourth-order valence-electron chi connectivity index (χ4n) is 2.00. The van der Waals surface area contributed by atoms with Crippen LogP contribution in [0.15, 0.2) is 42.6 Å². The lowest BCUT2D eigenvalue weighted by atomic mass is 10.0. The Hall–Kier alpha value is -2.10. The molecule has 0 spiro atoms. The highest BCUT2D eigenvalue weighted by Gasteiger charge is 2.23. The molecule has 0 aliphatic rings. The molecular weight excluding hydrogens is 228 g/mol. The van der Waals surface area contributed by atoms with Crippen LogP contribution in [0.25, 0.3) is 5.69 Å². The second kappa shape index (κ2) is 5.49. The average Bonchev–Trinajstić information content (AvgIpc) is 2.89. The van der Waals surface area contributed by atoms with Crippen molar-refractivity contribution in [3.8, 4) is 5.69 Å². The molecule has 0 aliphatic heterocycles. The van der Waals surface area contributed by atoms with Crippen LogP contribution >= 0.6 is 0 Å². The van der Waals surface area contributed by atoms with Crippen LogP contribution in [-0.2, 0) is 9.53 Å². The monoisotopic (exact) mass is 244 g/mol. The van der Waals surface area contributed by atoms with Gasteiger partial charge in [0.1, 0.15) is 0 Å². The molecule has 0 bridgehead atoms. The smallest absolute Gasteiger partial charge is 0.314 e. The summed E-state index contributed by atoms with van der Waals surface area (Å²) in [4.78, 5) is 11.8. The summed E-state index contributed by atoms with van der Waals surface area (Å²) in [5.74, 6) is -0.507. The predicted octanol–water partition coefficient (Wildman–Crippen LogP) is 2.54. The number of hydrogen-bond acceptors (Lipinski definition) is 3. The van der Waals surface area contributed by atoms with Gasteiger partial charge in [-0.15, -0.1) is 0 Å². The lowest BCUT2D eigenvalue weighted by Crippen LogP contribution is -2.17. The zero-order valence-corrected chi connectivity index (χ0v) is 10.5. The van der Waals surface area contributed by atoms with Gasteiger partial charge >= 0.3 is 5.97 Å². The van der Waals surface area contributed by atoms with Crippen molar-refractivity contribution in [3.63, 3.8) is 0 Å². The number of ether oxygens (including phenoxy) is 1. The fraction of sp³-hybridized carbons (Fsp3) is 0.286. The van der Waals surface area contributed by atoms with Gasteiger partial charge in [-0.05, 0) is 24.6 Å². The van der Waals surface area contributed by atoms with Crippen molar-refractivity contribution in [2.24, 2.45) is 0 Å². The molecule has 1 aromatic carbocycles. The van der Waals surface area contributed by atoms with E-state index in [1.807, 2.05) is 43.3 Å². The SMILES string of the molecule is CCC(C(=O)OC)c1ccnn1-c1ccccc1. The van der Waals surface area contributed by atoms with Crippen LogP contribution in [0, 0.1) is 0 Å². The summed E-state index contributed by atoms with van der Waals surface area (Å²) in [6, 6.07) is 11.6. The van der Waals surface area contributed by atoms with Crippen molar-refractivity contribution in [1.29, 1.82) is 0 Å². The third kappa shape index (κ3) is 2.27. The minimum Gasteiger partial charge on any atom is -0.469 e. The van der Waals surface area contributed by atoms with E-state index in [4.69, 9.17) is 4.74 Å². The first kappa shape index (κ1) is 12.4. The molecule has 0 saturated heterocycles. The van der Waals surface area contributed by atoms with E-state index in [9.17, 15) is 4.79 Å². The minimum atomic E-state index is -0.280. The van der Waals surface area contributed by atoms with Gasteiger partial charge < -0.3 is 4.74 Å². The molecule has 2 rings (SSSR count). The number of hydrogen-bond donors (Lipinski definition) is 0. The van der Waals surface area contributed by atoms with Crippen LogP contribution in [0.3, 0.4) is 0 Å². The van der Waals surface area contributed by atoms with Crippen molar-refractivity contribution in [1.82, 2.24) is 9.78 Å². The Labute approximate surface area is 106 Å². The zero-order chi connectivity index (χ0) is 13.0. The van der Waals surface area contributed by atoms with E-state index in [0.717, 1.165) is 11.4 Å². The van der Waals surface area contributed by atoms with Gasteiger partial charge in [0.2, 0.25) is 0 Å². The summed E-state index contributed by atoms with van der Waals surface area (Å²) in [5.41, 5.74) is 1.80. The highest BCUT2D eigenvalue weighted by Crippen LogP contribution is 2.23. The predicted molar refractivity (Wildman–Crippen MR) is 68.6 cm³/mol. The molecule has 94 valence electrons. The molecule has 4 nitrogen and oxygen atoms in total. The highest BCUT2D eigenvalue weighted by atomic mass is 16.5. The number of carbonyl (C=O) groups excluding carboxylic acids is 1. The number of nitrogens with zero attached hydrogens (tertiary/aromatic N) is 2. The molecule has 1 aromatic heterocycles. The first-order chi connectivity index (χ1) is 8.77. The second-order valence-corrected chi connectivity index (χ2v) is 3.99. The number of para-hydroxylation sites is 1. The third-order valence-electron chi connectivity index (χ3n) is 2.92. The molecule has 0 N–H and O–H groups in total. The Morgan fingerprint density at radius 1 is 1.33 bits per heavy atom. The molecule has 0 fully saturated rings. The normalized spacial score (nSPS) is 12.1. The topological polar surface area (TPSA) is 44.1 Å². The largest absolute Gasteiger partial charge is 0.469 e. The van der Waals surface area contributed by atoms with Gasteiger partial charge in [-0.3, -0.25) is 4.79 Å². The van der Waals surface area contributed by atoms with Crippen molar-refractivity contribution in [2.45, 2.75) is 19.3 Å². The number of methoxy groups -OCH3 is 1. The first-order valence-corrected chi connectivity index (χ1v) is 5.95. The number of benzene rings is 1. The molecule has 0 aliphatic carbocycles. The van der Waals surface area contributed by atoms with E-state index < -0.39 is 0 Å². The van der Waals surface area contributed by atoms with E-state index >= 15 is 0 Å². The van der Waals surface area contributed by atoms with E-state index in [2.05, 4.69) is 5.10 Å². The Bertz CT molecular complexity index is 520. The molecule has 1 unspecified atom stereocenters. The molecule has 2 aromatic rings. The Morgan fingerprint density at radius 2 is 2.06 bits per heavy atom. The Balaban J connectivity index is 2.41. The van der Waals surface area contributed by atoms with Crippen LogP contribution < -0.4 is 0 Å². The number of esters is 1. The lowest BCUT2D eigenvalue weighted by molar-refractivity contribution is -0.142. The first-order valence-electron chi connectivity index (χ1n) is 5.95. The van der Waals surface area contributed by atoms with Crippen LogP contribution in [0.1, 0.15) is 25.0 Å². The van der Waals surface area contributed by atoms with Gasteiger partial charge in [-0.2, -0.15) is 5.10 Å². The van der Waals surface area contributed by atoms with Crippen LogP contribution in [0.4, 0.5) is 0 Å². The summed E-state index contributed by atoms with van der Waals surface area (Å²) in [5, 5.41) is 4.28. The number of carbonyl (C=O) groups is 1. The number of rotatable bonds is 4. The molecule has 1 heterocycles. The molecular formula is C14H16N2O2. The van der Waals surface area contributed by atoms with Crippen molar-refractivity contribution >= 4 is 5.97 Å². The molecule has 0 radical (unpaired) electrons. The maximum Gasteiger partial charge on any atom is 0.314 e. The van der Waals surface area contributed by atoms with Gasteiger partial charge in [-0.1, -0.05) is 25.1 Å². The maximum atomic E-state index is 11.8. The quantitative estimate of drug-likeness (QED) is 0.776. The average molecular weight is 244 g/mol. The molecule has 18 heavy (non-hydrogen) atoms. The molecule has 0 saturated carbocycles. The highest BCUT2D eigenvalue weighted by molar-refractivity contribution is 5.77. The summed E-state index contributed by atoms with van der Waals surface area (Å²) in [7, 11) is 1.41. The zero-order valence-electron chi connectivity index (χ0n) is 10.5. The lowest BCUT2D eigenvalue weighted by Gasteiger charge is -2.14. The Kier molecular flexibility index (Phi) is 3.77. The van der Waals surface area contributed by atoms with Gasteiger partial charge in [-0.25, -0.2) is 4.68 Å². The third-order valence-corrected chi connectivity index (χ3v) is 2.92. The van der Waals surface area contributed by atoms with Gasteiger partial charge in [0.05, 0.1) is 24.4 Å². The summed E-state index contributed by atoms with van der Waals surface area (Å²) < 4.78 is 6.62. The fourth-order valence-corrected chi connectivity index (χ4v) is 2.00. The van der Waals surface area contributed by atoms with Gasteiger partial charge in [0.25, 0.3) is 0 Å². The summed E-state index contributed by atoms with van der Waals surface area (Å²) >= 11 is 0. The second-order valence-electron chi connectivity index (χ2n) is 3.99. The van der Waals surface area contributed by atoms with E-state index in [1.54, 1.807) is 10.9 Å². The summed E-state index contributed by atoms with van der Waals surface area (Å²) in [6.45, 7) is 1.96. The van der Waals surface area contributed by atoms with E-state index in [-0.39, 0.29) is 11.9 Å². The minimum absolute atomic E-state index is 0.227. The number of aromatic nitrogens is 2. The van der Waals surface area contributed by atoms with E-state index in [0.29, 0.717) is 6.42 Å². The molecule has 1 atom stereocenters. The van der Waals surface area contributed by atoms with Crippen LogP contribution in [0.5, 0.6) is 0 Å². The molecule has 0 amide bonds. The van der Waals surface area contributed by atoms with Crippen LogP contribution in [0.2, 0.25) is 0 Å². The van der Waals surface area contributed by atoms with Crippen molar-refractivity contribution < 1.29 is 9.53 Å². The van der Waals surface area contributed by atoms with Gasteiger partial charge in [0, 0.05) is 6.20 Å². The van der Waals surface area contributed by atoms with E-state index in [1.165, 1.54) is 7.11 Å². The van der Waals surface area contributed by atoms with Crippen LogP contribution in [-0.4, -0.2) is 22.9 Å². The van der Waals surface area contributed by atoms with Gasteiger partial charge in [0.15, 0.2) is 0 Å². The standard InChI is InChI=1S/C14H16N2O2/c1-3-12(14(17)18-2)13-9-10-15-16(13)11-7-5-4-6-8-11/h4-10,12H,3H2,1-2H3. The molecule has 4 heteroatoms.